The molecule has 114 valence electrons. The van der Waals surface area contributed by atoms with E-state index in [9.17, 15) is 9.59 Å². The van der Waals surface area contributed by atoms with Crippen LogP contribution in [0.3, 0.4) is 0 Å². The fourth-order valence-corrected chi connectivity index (χ4v) is 2.69. The highest BCUT2D eigenvalue weighted by Gasteiger charge is 2.26. The zero-order chi connectivity index (χ0) is 15.2. The lowest BCUT2D eigenvalue weighted by Gasteiger charge is -2.25. The van der Waals surface area contributed by atoms with E-state index in [1.165, 1.54) is 0 Å². The van der Waals surface area contributed by atoms with E-state index in [0.717, 1.165) is 31.2 Å². The third-order valence-corrected chi connectivity index (χ3v) is 4.12. The quantitative estimate of drug-likeness (QED) is 0.615. The van der Waals surface area contributed by atoms with Crippen molar-refractivity contribution >= 4 is 11.8 Å². The van der Waals surface area contributed by atoms with Gasteiger partial charge in [-0.05, 0) is 36.8 Å². The van der Waals surface area contributed by atoms with E-state index < -0.39 is 0 Å². The number of hydrogen-bond acceptors (Lipinski definition) is 4. The van der Waals surface area contributed by atoms with Crippen LogP contribution in [0.2, 0.25) is 0 Å². The monoisotopic (exact) mass is 289 g/mol. The minimum absolute atomic E-state index is 0.127. The SMILES string of the molecule is CCCCOC(=O)c1ccc(C2CCC(=O)C(C)C2)cn1. The molecule has 0 saturated heterocycles. The highest BCUT2D eigenvalue weighted by molar-refractivity contribution is 5.87. The first-order valence-corrected chi connectivity index (χ1v) is 7.77. The van der Waals surface area contributed by atoms with Crippen LogP contribution in [-0.4, -0.2) is 23.3 Å². The molecule has 1 aromatic heterocycles. The number of nitrogens with zero attached hydrogens (tertiary/aromatic N) is 1. The van der Waals surface area contributed by atoms with E-state index in [4.69, 9.17) is 4.74 Å². The average molecular weight is 289 g/mol. The second-order valence-electron chi connectivity index (χ2n) is 5.80. The van der Waals surface area contributed by atoms with Crippen LogP contribution in [0.4, 0.5) is 0 Å². The molecule has 1 aliphatic rings. The minimum atomic E-state index is -0.359. The van der Waals surface area contributed by atoms with Gasteiger partial charge in [0.2, 0.25) is 0 Å². The van der Waals surface area contributed by atoms with Gasteiger partial charge in [-0.15, -0.1) is 0 Å². The third kappa shape index (κ3) is 4.13. The van der Waals surface area contributed by atoms with Crippen LogP contribution in [0.25, 0.3) is 0 Å². The molecule has 4 nitrogen and oxygen atoms in total. The van der Waals surface area contributed by atoms with E-state index >= 15 is 0 Å². The molecule has 1 saturated carbocycles. The van der Waals surface area contributed by atoms with Crippen LogP contribution in [-0.2, 0) is 9.53 Å². The molecule has 1 aromatic rings. The summed E-state index contributed by atoms with van der Waals surface area (Å²) in [4.78, 5) is 27.6. The highest BCUT2D eigenvalue weighted by atomic mass is 16.5. The Labute approximate surface area is 125 Å². The van der Waals surface area contributed by atoms with Crippen molar-refractivity contribution in [1.82, 2.24) is 4.98 Å². The third-order valence-electron chi connectivity index (χ3n) is 4.12. The summed E-state index contributed by atoms with van der Waals surface area (Å²) in [6.45, 7) is 4.49. The molecule has 2 atom stereocenters. The number of unbranched alkanes of at least 4 members (excludes halogenated alkanes) is 1. The fraction of sp³-hybridized carbons (Fsp3) is 0.588. The van der Waals surface area contributed by atoms with E-state index in [2.05, 4.69) is 11.9 Å². The van der Waals surface area contributed by atoms with Gasteiger partial charge in [0, 0.05) is 18.5 Å². The number of carbonyl (C=O) groups excluding carboxylic acids is 2. The molecular weight excluding hydrogens is 266 g/mol. The second-order valence-corrected chi connectivity index (χ2v) is 5.80. The number of aromatic nitrogens is 1. The molecule has 0 aliphatic heterocycles. The molecule has 0 spiro atoms. The van der Waals surface area contributed by atoms with Crippen molar-refractivity contribution in [2.75, 3.05) is 6.61 Å². The molecule has 21 heavy (non-hydrogen) atoms. The van der Waals surface area contributed by atoms with Crippen LogP contribution >= 0.6 is 0 Å². The van der Waals surface area contributed by atoms with Crippen molar-refractivity contribution in [3.8, 4) is 0 Å². The van der Waals surface area contributed by atoms with Crippen LogP contribution in [0.1, 0.15) is 67.9 Å². The van der Waals surface area contributed by atoms with Crippen LogP contribution < -0.4 is 0 Å². The van der Waals surface area contributed by atoms with Crippen LogP contribution in [0, 0.1) is 5.92 Å². The first kappa shape index (κ1) is 15.7. The summed E-state index contributed by atoms with van der Waals surface area (Å²) in [6, 6.07) is 3.67. The molecule has 2 unspecified atom stereocenters. The molecule has 1 heterocycles. The van der Waals surface area contributed by atoms with Crippen molar-refractivity contribution in [3.63, 3.8) is 0 Å². The molecule has 1 fully saturated rings. The summed E-state index contributed by atoms with van der Waals surface area (Å²) >= 11 is 0. The number of carbonyl (C=O) groups is 2. The molecule has 0 aromatic carbocycles. The van der Waals surface area contributed by atoms with E-state index in [-0.39, 0.29) is 11.9 Å². The minimum Gasteiger partial charge on any atom is -0.461 e. The van der Waals surface area contributed by atoms with Gasteiger partial charge in [-0.25, -0.2) is 9.78 Å². The van der Waals surface area contributed by atoms with Crippen molar-refractivity contribution < 1.29 is 14.3 Å². The first-order valence-electron chi connectivity index (χ1n) is 7.77. The zero-order valence-electron chi connectivity index (χ0n) is 12.8. The summed E-state index contributed by atoms with van der Waals surface area (Å²) < 4.78 is 5.14. The summed E-state index contributed by atoms with van der Waals surface area (Å²) in [7, 11) is 0. The number of rotatable bonds is 5. The molecule has 2 rings (SSSR count). The molecule has 0 radical (unpaired) electrons. The normalized spacial score (nSPS) is 22.1. The molecule has 0 bridgehead atoms. The zero-order valence-corrected chi connectivity index (χ0v) is 12.8. The Morgan fingerprint density at radius 2 is 2.24 bits per heavy atom. The highest BCUT2D eigenvalue weighted by Crippen LogP contribution is 2.33. The molecule has 0 N–H and O–H groups in total. The average Bonchev–Trinajstić information content (AvgIpc) is 2.50. The van der Waals surface area contributed by atoms with Gasteiger partial charge in [0.1, 0.15) is 11.5 Å². The number of Topliss-reactive ketones (excluding diaryl/α,β-unsaturated/α-hetero) is 1. The summed E-state index contributed by atoms with van der Waals surface area (Å²) in [6.07, 6.45) is 6.03. The van der Waals surface area contributed by atoms with Crippen molar-refractivity contribution in [2.45, 2.75) is 51.9 Å². The van der Waals surface area contributed by atoms with Crippen LogP contribution in [0.15, 0.2) is 18.3 Å². The Morgan fingerprint density at radius 3 is 2.86 bits per heavy atom. The van der Waals surface area contributed by atoms with E-state index in [1.54, 1.807) is 12.3 Å². The number of pyridine rings is 1. The van der Waals surface area contributed by atoms with Gasteiger partial charge >= 0.3 is 5.97 Å². The van der Waals surface area contributed by atoms with Crippen molar-refractivity contribution in [1.29, 1.82) is 0 Å². The van der Waals surface area contributed by atoms with Gasteiger partial charge in [-0.2, -0.15) is 0 Å². The van der Waals surface area contributed by atoms with E-state index in [1.807, 2.05) is 13.0 Å². The Kier molecular flexibility index (Phi) is 5.48. The number of esters is 1. The first-order chi connectivity index (χ1) is 10.1. The Balaban J connectivity index is 1.95. The Bertz CT molecular complexity index is 495. The molecule has 4 heteroatoms. The Morgan fingerprint density at radius 1 is 1.43 bits per heavy atom. The Hall–Kier alpha value is -1.71. The standard InChI is InChI=1S/C17H23NO3/c1-3-4-9-21-17(20)15-7-5-14(11-18-15)13-6-8-16(19)12(2)10-13/h5,7,11-13H,3-4,6,8-10H2,1-2H3. The lowest BCUT2D eigenvalue weighted by atomic mass is 9.78. The lowest BCUT2D eigenvalue weighted by molar-refractivity contribution is -0.124. The maximum atomic E-state index is 11.8. The molecule has 1 aliphatic carbocycles. The maximum Gasteiger partial charge on any atom is 0.356 e. The summed E-state index contributed by atoms with van der Waals surface area (Å²) in [5.41, 5.74) is 1.47. The number of ether oxygens (including phenoxy) is 1. The van der Waals surface area contributed by atoms with Crippen molar-refractivity contribution in [2.24, 2.45) is 5.92 Å². The molecule has 0 amide bonds. The largest absolute Gasteiger partial charge is 0.461 e. The van der Waals surface area contributed by atoms with Gasteiger partial charge in [0.05, 0.1) is 6.61 Å². The molecular formula is C17H23NO3. The van der Waals surface area contributed by atoms with Gasteiger partial charge in [0.25, 0.3) is 0 Å². The van der Waals surface area contributed by atoms with Crippen molar-refractivity contribution in [3.05, 3.63) is 29.6 Å². The fourth-order valence-electron chi connectivity index (χ4n) is 2.69. The van der Waals surface area contributed by atoms with Gasteiger partial charge < -0.3 is 4.74 Å². The second kappa shape index (κ2) is 7.34. The predicted octanol–water partition coefficient (Wildman–Crippen LogP) is 3.51. The van der Waals surface area contributed by atoms with Crippen LogP contribution in [0.5, 0.6) is 0 Å². The lowest BCUT2D eigenvalue weighted by Crippen LogP contribution is -2.21. The van der Waals surface area contributed by atoms with Gasteiger partial charge in [-0.3, -0.25) is 4.79 Å². The predicted molar refractivity (Wildman–Crippen MR) is 80.2 cm³/mol. The number of ketones is 1. The summed E-state index contributed by atoms with van der Waals surface area (Å²) in [5.74, 6) is 0.496. The topological polar surface area (TPSA) is 56.3 Å². The van der Waals surface area contributed by atoms with Gasteiger partial charge in [0.15, 0.2) is 0 Å². The smallest absolute Gasteiger partial charge is 0.356 e. The maximum absolute atomic E-state index is 11.8. The number of hydrogen-bond donors (Lipinski definition) is 0. The summed E-state index contributed by atoms with van der Waals surface area (Å²) in [5, 5.41) is 0. The van der Waals surface area contributed by atoms with Gasteiger partial charge in [-0.1, -0.05) is 26.3 Å². The van der Waals surface area contributed by atoms with E-state index in [0.29, 0.717) is 30.4 Å².